The van der Waals surface area contributed by atoms with Crippen LogP contribution in [0.1, 0.15) is 22.8 Å². The lowest BCUT2D eigenvalue weighted by Crippen LogP contribution is -2.26. The third-order valence-corrected chi connectivity index (χ3v) is 4.73. The Labute approximate surface area is 143 Å². The van der Waals surface area contributed by atoms with Gasteiger partial charge in [0.25, 0.3) is 5.91 Å². The van der Waals surface area contributed by atoms with Crippen molar-refractivity contribution in [1.29, 1.82) is 0 Å². The summed E-state index contributed by atoms with van der Waals surface area (Å²) in [7, 11) is 1.73. The molecule has 1 aromatic heterocycles. The molecule has 0 spiro atoms. The lowest BCUT2D eigenvalue weighted by Gasteiger charge is -2.14. The van der Waals surface area contributed by atoms with Crippen LogP contribution in [0.2, 0.25) is 0 Å². The minimum atomic E-state index is -0.111. The maximum absolute atomic E-state index is 12.6. The Bertz CT molecular complexity index is 854. The van der Waals surface area contributed by atoms with Gasteiger partial charge in [-0.1, -0.05) is 35.6 Å². The first kappa shape index (κ1) is 16.1. The van der Waals surface area contributed by atoms with E-state index in [-0.39, 0.29) is 11.8 Å². The molecule has 0 aliphatic heterocycles. The molecule has 0 saturated heterocycles. The Morgan fingerprint density at radius 1 is 1.12 bits per heavy atom. The van der Waals surface area contributed by atoms with Crippen LogP contribution in [0.15, 0.2) is 48.5 Å². The Hall–Kier alpha value is -2.73. The normalized spacial score (nSPS) is 10.6. The van der Waals surface area contributed by atoms with Crippen LogP contribution in [0.3, 0.4) is 0 Å². The molecule has 5 nitrogen and oxygen atoms in total. The van der Waals surface area contributed by atoms with E-state index in [1.165, 1.54) is 18.3 Å². The van der Waals surface area contributed by atoms with Crippen LogP contribution in [0, 0.1) is 0 Å². The molecule has 0 saturated carbocycles. The lowest BCUT2D eigenvalue weighted by molar-refractivity contribution is -0.119. The molecule has 24 heavy (non-hydrogen) atoms. The summed E-state index contributed by atoms with van der Waals surface area (Å²) in [6, 6.07) is 15.0. The van der Waals surface area contributed by atoms with Crippen LogP contribution in [0.5, 0.6) is 0 Å². The second-order valence-corrected chi connectivity index (χ2v) is 6.44. The fourth-order valence-electron chi connectivity index (χ4n) is 2.28. The van der Waals surface area contributed by atoms with Gasteiger partial charge in [0.1, 0.15) is 0 Å². The number of amides is 2. The first-order valence-electron chi connectivity index (χ1n) is 7.51. The number of para-hydroxylation sites is 1. The zero-order valence-corrected chi connectivity index (χ0v) is 14.3. The van der Waals surface area contributed by atoms with Crippen molar-refractivity contribution in [3.05, 3.63) is 59.7 Å². The average Bonchev–Trinajstić information content (AvgIpc) is 3.03. The summed E-state index contributed by atoms with van der Waals surface area (Å²) >= 11 is 1.49. The van der Waals surface area contributed by atoms with E-state index >= 15 is 0 Å². The number of nitrogens with one attached hydrogen (secondary N) is 1. The number of hydrogen-bond acceptors (Lipinski definition) is 4. The third-order valence-electron chi connectivity index (χ3n) is 3.62. The van der Waals surface area contributed by atoms with Crippen molar-refractivity contribution in [2.24, 2.45) is 0 Å². The molecule has 2 aromatic carbocycles. The van der Waals surface area contributed by atoms with Gasteiger partial charge in [0, 0.05) is 26.1 Å². The zero-order valence-electron chi connectivity index (χ0n) is 13.4. The lowest BCUT2D eigenvalue weighted by atomic mass is 10.1. The number of anilines is 1. The van der Waals surface area contributed by atoms with Gasteiger partial charge in [-0.25, -0.2) is 4.98 Å². The number of carbonyl (C=O) groups is 2. The van der Waals surface area contributed by atoms with Crippen molar-refractivity contribution in [1.82, 2.24) is 10.3 Å². The van der Waals surface area contributed by atoms with E-state index in [2.05, 4.69) is 10.3 Å². The molecule has 0 aliphatic carbocycles. The van der Waals surface area contributed by atoms with Crippen molar-refractivity contribution in [2.75, 3.05) is 11.9 Å². The quantitative estimate of drug-likeness (QED) is 0.794. The third kappa shape index (κ3) is 3.44. The van der Waals surface area contributed by atoms with Gasteiger partial charge < -0.3 is 5.32 Å². The molecule has 0 bridgehead atoms. The Morgan fingerprint density at radius 2 is 1.83 bits per heavy atom. The summed E-state index contributed by atoms with van der Waals surface area (Å²) in [6.07, 6.45) is 0. The number of nitrogens with zero attached hydrogens (tertiary/aromatic N) is 2. The van der Waals surface area contributed by atoms with Crippen LogP contribution >= 0.6 is 11.3 Å². The maximum atomic E-state index is 12.6. The second-order valence-electron chi connectivity index (χ2n) is 5.43. The predicted octanol–water partition coefficient (Wildman–Crippen LogP) is 3.21. The number of fused-ring (bicyclic) bond motifs is 1. The summed E-state index contributed by atoms with van der Waals surface area (Å²) in [5.41, 5.74) is 2.43. The van der Waals surface area contributed by atoms with Crippen molar-refractivity contribution >= 4 is 38.5 Å². The molecule has 1 N–H and O–H groups in total. The van der Waals surface area contributed by atoms with E-state index in [1.807, 2.05) is 36.4 Å². The topological polar surface area (TPSA) is 62.3 Å². The van der Waals surface area contributed by atoms with Crippen molar-refractivity contribution < 1.29 is 9.59 Å². The van der Waals surface area contributed by atoms with Gasteiger partial charge in [0.15, 0.2) is 5.13 Å². The van der Waals surface area contributed by atoms with Crippen LogP contribution in [0.4, 0.5) is 5.13 Å². The highest BCUT2D eigenvalue weighted by Gasteiger charge is 2.17. The van der Waals surface area contributed by atoms with Crippen molar-refractivity contribution in [2.45, 2.75) is 13.5 Å². The van der Waals surface area contributed by atoms with Crippen LogP contribution in [-0.4, -0.2) is 23.8 Å². The highest BCUT2D eigenvalue weighted by molar-refractivity contribution is 7.22. The molecular formula is C18H17N3O2S. The van der Waals surface area contributed by atoms with E-state index in [0.29, 0.717) is 17.2 Å². The molecule has 1 heterocycles. The van der Waals surface area contributed by atoms with Gasteiger partial charge >= 0.3 is 0 Å². The predicted molar refractivity (Wildman–Crippen MR) is 96.3 cm³/mol. The fraction of sp³-hybridized carbons (Fsp3) is 0.167. The number of benzene rings is 2. The largest absolute Gasteiger partial charge is 0.352 e. The monoisotopic (exact) mass is 339 g/mol. The molecule has 3 rings (SSSR count). The Kier molecular flexibility index (Phi) is 4.57. The van der Waals surface area contributed by atoms with Gasteiger partial charge in [-0.15, -0.1) is 0 Å². The van der Waals surface area contributed by atoms with Gasteiger partial charge in [0.05, 0.1) is 10.2 Å². The maximum Gasteiger partial charge on any atom is 0.259 e. The molecule has 2 amide bonds. The first-order valence-corrected chi connectivity index (χ1v) is 8.33. The summed E-state index contributed by atoms with van der Waals surface area (Å²) in [5.74, 6) is -0.189. The van der Waals surface area contributed by atoms with Gasteiger partial charge in [-0.2, -0.15) is 0 Å². The average molecular weight is 339 g/mol. The van der Waals surface area contributed by atoms with E-state index in [9.17, 15) is 9.59 Å². The van der Waals surface area contributed by atoms with E-state index < -0.39 is 0 Å². The molecule has 0 radical (unpaired) electrons. The summed E-state index contributed by atoms with van der Waals surface area (Å²) in [4.78, 5) is 29.6. The van der Waals surface area contributed by atoms with Crippen LogP contribution < -0.4 is 10.2 Å². The fourth-order valence-corrected chi connectivity index (χ4v) is 3.20. The second kappa shape index (κ2) is 6.80. The molecule has 0 atom stereocenters. The summed E-state index contributed by atoms with van der Waals surface area (Å²) < 4.78 is 1.05. The standard InChI is InChI=1S/C18H17N3O2S/c1-12(22)19-11-13-7-9-14(10-8-13)17(23)21(2)18-20-15-5-3-4-6-16(15)24-18/h3-10H,11H2,1-2H3,(H,19,22). The smallest absolute Gasteiger partial charge is 0.259 e. The number of carbonyl (C=O) groups excluding carboxylic acids is 2. The van der Waals surface area contributed by atoms with Crippen LogP contribution in [-0.2, 0) is 11.3 Å². The number of hydrogen-bond donors (Lipinski definition) is 1. The molecule has 0 unspecified atom stereocenters. The zero-order chi connectivity index (χ0) is 17.1. The van der Waals surface area contributed by atoms with Gasteiger partial charge in [-0.3, -0.25) is 14.5 Å². The van der Waals surface area contributed by atoms with Crippen molar-refractivity contribution in [3.8, 4) is 0 Å². The van der Waals surface area contributed by atoms with Crippen LogP contribution in [0.25, 0.3) is 10.2 Å². The Morgan fingerprint density at radius 3 is 2.50 bits per heavy atom. The van der Waals surface area contributed by atoms with E-state index in [1.54, 1.807) is 24.1 Å². The van der Waals surface area contributed by atoms with Crippen molar-refractivity contribution in [3.63, 3.8) is 0 Å². The van der Waals surface area contributed by atoms with E-state index in [4.69, 9.17) is 0 Å². The Balaban J connectivity index is 1.76. The summed E-state index contributed by atoms with van der Waals surface area (Å²) in [5, 5.41) is 3.40. The molecule has 3 aromatic rings. The first-order chi connectivity index (χ1) is 11.5. The van der Waals surface area contributed by atoms with Gasteiger partial charge in [-0.05, 0) is 29.8 Å². The number of aromatic nitrogens is 1. The molecule has 6 heteroatoms. The SMILES string of the molecule is CC(=O)NCc1ccc(C(=O)N(C)c2nc3ccccc3s2)cc1. The summed E-state index contributed by atoms with van der Waals surface area (Å²) in [6.45, 7) is 1.93. The molecule has 0 fully saturated rings. The number of rotatable bonds is 4. The highest BCUT2D eigenvalue weighted by Crippen LogP contribution is 2.28. The molecule has 0 aliphatic rings. The highest BCUT2D eigenvalue weighted by atomic mass is 32.1. The molecule has 122 valence electrons. The van der Waals surface area contributed by atoms with Gasteiger partial charge in [0.2, 0.25) is 5.91 Å². The van der Waals surface area contributed by atoms with E-state index in [0.717, 1.165) is 15.8 Å². The molecular weight excluding hydrogens is 322 g/mol. The number of thiazole rings is 1. The minimum absolute atomic E-state index is 0.0780. The minimum Gasteiger partial charge on any atom is -0.352 e.